The van der Waals surface area contributed by atoms with Crippen molar-refractivity contribution < 1.29 is 9.32 Å². The Morgan fingerprint density at radius 1 is 1.38 bits per heavy atom. The van der Waals surface area contributed by atoms with E-state index in [1.165, 1.54) is 0 Å². The van der Waals surface area contributed by atoms with E-state index in [-0.39, 0.29) is 5.78 Å². The van der Waals surface area contributed by atoms with Crippen molar-refractivity contribution in [2.45, 2.75) is 32.6 Å². The molecule has 1 aromatic carbocycles. The molecule has 1 heterocycles. The van der Waals surface area contributed by atoms with Crippen LogP contribution in [0.1, 0.15) is 30.2 Å². The Labute approximate surface area is 93.4 Å². The van der Waals surface area contributed by atoms with Gasteiger partial charge in [-0.15, -0.1) is 0 Å². The second-order valence-corrected chi connectivity index (χ2v) is 4.35. The van der Waals surface area contributed by atoms with Gasteiger partial charge in [0, 0.05) is 23.8 Å². The maximum atomic E-state index is 11.4. The largest absolute Gasteiger partial charge is 0.356 e. The molecule has 3 nitrogen and oxygen atoms in total. The van der Waals surface area contributed by atoms with Crippen LogP contribution in [0, 0.1) is 0 Å². The molecule has 1 aliphatic rings. The van der Waals surface area contributed by atoms with Gasteiger partial charge in [-0.1, -0.05) is 24.6 Å². The van der Waals surface area contributed by atoms with Gasteiger partial charge in [0.25, 0.3) is 0 Å². The van der Waals surface area contributed by atoms with Gasteiger partial charge in [0.1, 0.15) is 5.78 Å². The Morgan fingerprint density at radius 3 is 3.06 bits per heavy atom. The van der Waals surface area contributed by atoms with Gasteiger partial charge in [-0.3, -0.25) is 4.79 Å². The summed E-state index contributed by atoms with van der Waals surface area (Å²) in [6.07, 6.45) is 3.04. The third kappa shape index (κ3) is 1.28. The lowest BCUT2D eigenvalue weighted by Crippen LogP contribution is -1.92. The van der Waals surface area contributed by atoms with Crippen LogP contribution in [-0.2, 0) is 24.1 Å². The number of aryl methyl sites for hydroxylation is 1. The molecule has 0 amide bonds. The fraction of sp³-hybridized carbons (Fsp3) is 0.385. The minimum absolute atomic E-state index is 0.274. The third-order valence-electron chi connectivity index (χ3n) is 3.16. The summed E-state index contributed by atoms with van der Waals surface area (Å²) in [7, 11) is 0. The van der Waals surface area contributed by atoms with Crippen LogP contribution in [0.2, 0.25) is 0 Å². The number of aromatic nitrogens is 1. The van der Waals surface area contributed by atoms with E-state index in [9.17, 15) is 4.79 Å². The lowest BCUT2D eigenvalue weighted by atomic mass is 10.0. The molecule has 0 fully saturated rings. The van der Waals surface area contributed by atoms with E-state index in [4.69, 9.17) is 4.52 Å². The molecule has 0 unspecified atom stereocenters. The number of Topliss-reactive ketones (excluding diaryl/α,β-unsaturated/α-hetero) is 1. The van der Waals surface area contributed by atoms with E-state index in [2.05, 4.69) is 12.1 Å². The van der Waals surface area contributed by atoms with Crippen LogP contribution in [-0.4, -0.2) is 10.9 Å². The highest BCUT2D eigenvalue weighted by atomic mass is 16.5. The fourth-order valence-electron chi connectivity index (χ4n) is 2.40. The lowest BCUT2D eigenvalue weighted by molar-refractivity contribution is -0.117. The van der Waals surface area contributed by atoms with Gasteiger partial charge in [-0.05, 0) is 18.1 Å². The van der Waals surface area contributed by atoms with Crippen molar-refractivity contribution in [1.29, 1.82) is 0 Å². The maximum absolute atomic E-state index is 11.4. The second kappa shape index (κ2) is 3.44. The average Bonchev–Trinajstić information content (AvgIpc) is 2.81. The minimum atomic E-state index is 0.274. The first-order valence-electron chi connectivity index (χ1n) is 5.70. The Balaban J connectivity index is 2.20. The number of hydrogen-bond acceptors (Lipinski definition) is 3. The quantitative estimate of drug-likeness (QED) is 0.772. The van der Waals surface area contributed by atoms with Crippen LogP contribution < -0.4 is 0 Å². The average molecular weight is 215 g/mol. The predicted octanol–water partition coefficient (Wildman–Crippen LogP) is 2.45. The second-order valence-electron chi connectivity index (χ2n) is 4.35. The van der Waals surface area contributed by atoms with E-state index < -0.39 is 0 Å². The molecule has 3 heteroatoms. The van der Waals surface area contributed by atoms with E-state index in [1.54, 1.807) is 0 Å². The molecule has 0 radical (unpaired) electrons. The topological polar surface area (TPSA) is 43.1 Å². The molecule has 2 aromatic rings. The fourth-order valence-corrected chi connectivity index (χ4v) is 2.40. The summed E-state index contributed by atoms with van der Waals surface area (Å²) in [5, 5.41) is 5.18. The van der Waals surface area contributed by atoms with Gasteiger partial charge in [0.2, 0.25) is 0 Å². The number of benzene rings is 1. The summed E-state index contributed by atoms with van der Waals surface area (Å²) in [4.78, 5) is 11.4. The molecule has 0 saturated carbocycles. The number of carbonyl (C=O) groups excluding carboxylic acids is 1. The van der Waals surface area contributed by atoms with Gasteiger partial charge in [0.15, 0.2) is 5.58 Å². The van der Waals surface area contributed by atoms with Crippen molar-refractivity contribution in [3.8, 4) is 0 Å². The van der Waals surface area contributed by atoms with E-state index in [0.717, 1.165) is 40.6 Å². The zero-order valence-electron chi connectivity index (χ0n) is 9.25. The molecule has 82 valence electrons. The highest BCUT2D eigenvalue weighted by Crippen LogP contribution is 2.30. The number of hydrogen-bond donors (Lipinski definition) is 0. The normalized spacial score (nSPS) is 14.7. The van der Waals surface area contributed by atoms with E-state index >= 15 is 0 Å². The molecule has 3 rings (SSSR count). The van der Waals surface area contributed by atoms with Gasteiger partial charge >= 0.3 is 0 Å². The number of carbonyl (C=O) groups is 1. The number of ketones is 1. The Bertz CT molecular complexity index is 569. The Kier molecular flexibility index (Phi) is 2.06. The molecular formula is C13H13NO2. The van der Waals surface area contributed by atoms with Crippen LogP contribution in [0.25, 0.3) is 11.0 Å². The van der Waals surface area contributed by atoms with Crippen LogP contribution in [0.5, 0.6) is 0 Å². The molecule has 1 aromatic heterocycles. The smallest absolute Gasteiger partial charge is 0.171 e. The van der Waals surface area contributed by atoms with Crippen molar-refractivity contribution in [1.82, 2.24) is 5.16 Å². The van der Waals surface area contributed by atoms with Crippen LogP contribution in [0.4, 0.5) is 0 Å². The van der Waals surface area contributed by atoms with Gasteiger partial charge in [-0.25, -0.2) is 0 Å². The van der Waals surface area contributed by atoms with Gasteiger partial charge < -0.3 is 4.52 Å². The highest BCUT2D eigenvalue weighted by Gasteiger charge is 2.23. The molecule has 0 N–H and O–H groups in total. The molecule has 0 bridgehead atoms. The van der Waals surface area contributed by atoms with Crippen LogP contribution in [0.3, 0.4) is 0 Å². The molecule has 16 heavy (non-hydrogen) atoms. The Morgan fingerprint density at radius 2 is 2.25 bits per heavy atom. The van der Waals surface area contributed by atoms with Crippen molar-refractivity contribution in [3.63, 3.8) is 0 Å². The van der Waals surface area contributed by atoms with Gasteiger partial charge in [-0.2, -0.15) is 0 Å². The summed E-state index contributed by atoms with van der Waals surface area (Å²) in [5.41, 5.74) is 4.00. The summed E-state index contributed by atoms with van der Waals surface area (Å²) in [6.45, 7) is 2.12. The maximum Gasteiger partial charge on any atom is 0.171 e. The molecule has 0 saturated heterocycles. The molecule has 0 atom stereocenters. The van der Waals surface area contributed by atoms with Crippen molar-refractivity contribution >= 4 is 16.8 Å². The number of fused-ring (bicyclic) bond motifs is 3. The molecule has 0 spiro atoms. The van der Waals surface area contributed by atoms with E-state index in [0.29, 0.717) is 12.8 Å². The van der Waals surface area contributed by atoms with Crippen molar-refractivity contribution in [3.05, 3.63) is 29.0 Å². The third-order valence-corrected chi connectivity index (χ3v) is 3.16. The standard InChI is InChI=1S/C13H13NO2/c1-2-3-12-10-5-4-8-6-9(15)7-11(8)13(10)16-14-12/h4-5H,2-3,6-7H2,1H3. The Hall–Kier alpha value is -1.64. The molecule has 0 aliphatic heterocycles. The van der Waals surface area contributed by atoms with Crippen molar-refractivity contribution in [2.24, 2.45) is 0 Å². The summed E-state index contributed by atoms with van der Waals surface area (Å²) in [6, 6.07) is 4.08. The highest BCUT2D eigenvalue weighted by molar-refractivity contribution is 5.95. The lowest BCUT2D eigenvalue weighted by Gasteiger charge is -1.97. The summed E-state index contributed by atoms with van der Waals surface area (Å²) >= 11 is 0. The zero-order valence-corrected chi connectivity index (χ0v) is 9.25. The number of nitrogens with zero attached hydrogens (tertiary/aromatic N) is 1. The SMILES string of the molecule is CCCc1noc2c3c(ccc12)CC(=O)C3. The summed E-state index contributed by atoms with van der Waals surface area (Å²) in [5.74, 6) is 0.274. The minimum Gasteiger partial charge on any atom is -0.356 e. The van der Waals surface area contributed by atoms with Crippen molar-refractivity contribution in [2.75, 3.05) is 0 Å². The van der Waals surface area contributed by atoms with Crippen LogP contribution in [0.15, 0.2) is 16.7 Å². The molecule has 1 aliphatic carbocycles. The van der Waals surface area contributed by atoms with Gasteiger partial charge in [0.05, 0.1) is 5.69 Å². The summed E-state index contributed by atoms with van der Waals surface area (Å²) < 4.78 is 5.39. The first-order valence-corrected chi connectivity index (χ1v) is 5.70. The van der Waals surface area contributed by atoms with Crippen LogP contribution >= 0.6 is 0 Å². The predicted molar refractivity (Wildman–Crippen MR) is 60.4 cm³/mol. The monoisotopic (exact) mass is 215 g/mol. The zero-order chi connectivity index (χ0) is 11.1. The molecular weight excluding hydrogens is 202 g/mol. The first-order chi connectivity index (χ1) is 7.79. The number of rotatable bonds is 2. The first kappa shape index (κ1) is 9.58. The van der Waals surface area contributed by atoms with E-state index in [1.807, 2.05) is 12.1 Å².